The molecule has 0 fully saturated rings. The molecule has 2 rings (SSSR count). The van der Waals surface area contributed by atoms with E-state index in [0.717, 1.165) is 34.4 Å². The van der Waals surface area contributed by atoms with E-state index in [0.29, 0.717) is 0 Å². The Balaban J connectivity index is 2.56. The van der Waals surface area contributed by atoms with Gasteiger partial charge in [-0.2, -0.15) is 5.10 Å². The Bertz CT molecular complexity index is 534. The third-order valence-corrected chi connectivity index (χ3v) is 3.56. The number of aryl methyl sites for hydroxylation is 1. The SMILES string of the molecule is CCc1c(Br)c(-c2cccc(F)c2)nn1CC. The third kappa shape index (κ3) is 2.27. The number of rotatable bonds is 3. The maximum absolute atomic E-state index is 13.2. The predicted octanol–water partition coefficient (Wildman–Crippen LogP) is 4.03. The molecule has 0 atom stereocenters. The van der Waals surface area contributed by atoms with E-state index in [1.807, 2.05) is 17.7 Å². The lowest BCUT2D eigenvalue weighted by atomic mass is 10.1. The number of nitrogens with zero attached hydrogens (tertiary/aromatic N) is 2. The average molecular weight is 297 g/mol. The lowest BCUT2D eigenvalue weighted by Gasteiger charge is -2.00. The standard InChI is InChI=1S/C13H14BrFN2/c1-3-11-12(14)13(16-17(11)4-2)9-6-5-7-10(15)8-9/h5-8H,3-4H2,1-2H3. The summed E-state index contributed by atoms with van der Waals surface area (Å²) in [5, 5.41) is 4.51. The number of benzene rings is 1. The van der Waals surface area contributed by atoms with E-state index in [9.17, 15) is 4.39 Å². The van der Waals surface area contributed by atoms with Crippen LogP contribution in [0.5, 0.6) is 0 Å². The quantitative estimate of drug-likeness (QED) is 0.836. The molecule has 2 nitrogen and oxygen atoms in total. The second-order valence-electron chi connectivity index (χ2n) is 3.79. The van der Waals surface area contributed by atoms with Crippen molar-refractivity contribution in [2.45, 2.75) is 26.8 Å². The molecule has 4 heteroatoms. The smallest absolute Gasteiger partial charge is 0.123 e. The van der Waals surface area contributed by atoms with Crippen LogP contribution in [0.3, 0.4) is 0 Å². The molecule has 0 unspecified atom stereocenters. The molecule has 2 aromatic rings. The van der Waals surface area contributed by atoms with E-state index < -0.39 is 0 Å². The van der Waals surface area contributed by atoms with Gasteiger partial charge >= 0.3 is 0 Å². The summed E-state index contributed by atoms with van der Waals surface area (Å²) in [5.74, 6) is -0.238. The third-order valence-electron chi connectivity index (χ3n) is 2.73. The van der Waals surface area contributed by atoms with Crippen LogP contribution in [-0.2, 0) is 13.0 Å². The molecular weight excluding hydrogens is 283 g/mol. The van der Waals surface area contributed by atoms with Crippen LogP contribution in [0, 0.1) is 5.82 Å². The van der Waals surface area contributed by atoms with Crippen molar-refractivity contribution in [3.05, 3.63) is 40.2 Å². The summed E-state index contributed by atoms with van der Waals surface area (Å²) in [5.41, 5.74) is 2.76. The molecule has 0 spiro atoms. The van der Waals surface area contributed by atoms with Crippen molar-refractivity contribution in [2.24, 2.45) is 0 Å². The van der Waals surface area contributed by atoms with E-state index in [1.54, 1.807) is 6.07 Å². The summed E-state index contributed by atoms with van der Waals surface area (Å²) >= 11 is 3.56. The maximum Gasteiger partial charge on any atom is 0.123 e. The molecule has 1 aromatic heterocycles. The van der Waals surface area contributed by atoms with Crippen molar-refractivity contribution in [1.82, 2.24) is 9.78 Å². The zero-order valence-electron chi connectivity index (χ0n) is 9.87. The van der Waals surface area contributed by atoms with Crippen LogP contribution in [0.1, 0.15) is 19.5 Å². The lowest BCUT2D eigenvalue weighted by Crippen LogP contribution is -2.01. The van der Waals surface area contributed by atoms with Gasteiger partial charge in [0.1, 0.15) is 11.5 Å². The van der Waals surface area contributed by atoms with Gasteiger partial charge in [0.15, 0.2) is 0 Å². The minimum absolute atomic E-state index is 0.238. The number of hydrogen-bond acceptors (Lipinski definition) is 1. The fourth-order valence-corrected chi connectivity index (χ4v) is 2.69. The predicted molar refractivity (Wildman–Crippen MR) is 70.4 cm³/mol. The minimum atomic E-state index is -0.238. The van der Waals surface area contributed by atoms with Crippen molar-refractivity contribution in [3.8, 4) is 11.3 Å². The van der Waals surface area contributed by atoms with Gasteiger partial charge in [0, 0.05) is 12.1 Å². The van der Waals surface area contributed by atoms with Crippen LogP contribution < -0.4 is 0 Å². The monoisotopic (exact) mass is 296 g/mol. The van der Waals surface area contributed by atoms with Crippen molar-refractivity contribution >= 4 is 15.9 Å². The fraction of sp³-hybridized carbons (Fsp3) is 0.308. The summed E-state index contributed by atoms with van der Waals surface area (Å²) < 4.78 is 16.1. The molecule has 0 saturated heterocycles. The highest BCUT2D eigenvalue weighted by molar-refractivity contribution is 9.10. The zero-order chi connectivity index (χ0) is 12.4. The van der Waals surface area contributed by atoms with Crippen LogP contribution in [-0.4, -0.2) is 9.78 Å². The summed E-state index contributed by atoms with van der Waals surface area (Å²) in [7, 11) is 0. The normalized spacial score (nSPS) is 10.8. The maximum atomic E-state index is 13.2. The Morgan fingerprint density at radius 3 is 2.65 bits per heavy atom. The first-order valence-electron chi connectivity index (χ1n) is 5.68. The van der Waals surface area contributed by atoms with Crippen molar-refractivity contribution in [3.63, 3.8) is 0 Å². The van der Waals surface area contributed by atoms with Gasteiger partial charge in [0.2, 0.25) is 0 Å². The molecule has 0 bridgehead atoms. The van der Waals surface area contributed by atoms with E-state index >= 15 is 0 Å². The van der Waals surface area contributed by atoms with Crippen LogP contribution in [0.25, 0.3) is 11.3 Å². The molecule has 1 aromatic carbocycles. The molecule has 0 amide bonds. The van der Waals surface area contributed by atoms with Gasteiger partial charge in [0.05, 0.1) is 10.2 Å². The van der Waals surface area contributed by atoms with Gasteiger partial charge in [-0.15, -0.1) is 0 Å². The summed E-state index contributed by atoms with van der Waals surface area (Å²) in [6.07, 6.45) is 0.900. The van der Waals surface area contributed by atoms with Gasteiger partial charge in [-0.25, -0.2) is 4.39 Å². The van der Waals surface area contributed by atoms with Crippen molar-refractivity contribution in [2.75, 3.05) is 0 Å². The molecule has 0 aliphatic heterocycles. The first kappa shape index (κ1) is 12.3. The Labute approximate surface area is 109 Å². The molecule has 0 aliphatic rings. The van der Waals surface area contributed by atoms with Crippen LogP contribution in [0.15, 0.2) is 28.7 Å². The Morgan fingerprint density at radius 1 is 1.35 bits per heavy atom. The molecule has 0 saturated carbocycles. The largest absolute Gasteiger partial charge is 0.268 e. The van der Waals surface area contributed by atoms with Gasteiger partial charge < -0.3 is 0 Å². The lowest BCUT2D eigenvalue weighted by molar-refractivity contribution is 0.624. The summed E-state index contributed by atoms with van der Waals surface area (Å²) in [6, 6.07) is 6.52. The second kappa shape index (κ2) is 5.00. The average Bonchev–Trinajstić information content (AvgIpc) is 2.65. The van der Waals surface area contributed by atoms with E-state index in [1.165, 1.54) is 12.1 Å². The van der Waals surface area contributed by atoms with Crippen LogP contribution in [0.2, 0.25) is 0 Å². The molecular formula is C13H14BrFN2. The highest BCUT2D eigenvalue weighted by atomic mass is 79.9. The highest BCUT2D eigenvalue weighted by Crippen LogP contribution is 2.31. The topological polar surface area (TPSA) is 17.8 Å². The van der Waals surface area contributed by atoms with Gasteiger partial charge in [-0.1, -0.05) is 19.1 Å². The summed E-state index contributed by atoms with van der Waals surface area (Å²) in [4.78, 5) is 0. The van der Waals surface area contributed by atoms with Crippen molar-refractivity contribution in [1.29, 1.82) is 0 Å². The molecule has 0 N–H and O–H groups in total. The first-order valence-corrected chi connectivity index (χ1v) is 6.47. The van der Waals surface area contributed by atoms with Gasteiger partial charge in [0.25, 0.3) is 0 Å². The van der Waals surface area contributed by atoms with Crippen molar-refractivity contribution < 1.29 is 4.39 Å². The molecule has 90 valence electrons. The minimum Gasteiger partial charge on any atom is -0.268 e. The number of aromatic nitrogens is 2. The van der Waals surface area contributed by atoms with Gasteiger partial charge in [-0.3, -0.25) is 4.68 Å². The first-order chi connectivity index (χ1) is 8.17. The molecule has 1 heterocycles. The highest BCUT2D eigenvalue weighted by Gasteiger charge is 2.15. The Morgan fingerprint density at radius 2 is 2.12 bits per heavy atom. The fourth-order valence-electron chi connectivity index (χ4n) is 1.89. The Hall–Kier alpha value is -1.16. The van der Waals surface area contributed by atoms with Crippen LogP contribution in [0.4, 0.5) is 4.39 Å². The molecule has 0 aliphatic carbocycles. The Kier molecular flexibility index (Phi) is 3.62. The summed E-state index contributed by atoms with van der Waals surface area (Å²) in [6.45, 7) is 4.95. The second-order valence-corrected chi connectivity index (χ2v) is 4.58. The number of hydrogen-bond donors (Lipinski definition) is 0. The van der Waals surface area contributed by atoms with Gasteiger partial charge in [-0.05, 0) is 41.4 Å². The zero-order valence-corrected chi connectivity index (χ0v) is 11.5. The van der Waals surface area contributed by atoms with E-state index in [4.69, 9.17) is 0 Å². The molecule has 17 heavy (non-hydrogen) atoms. The van der Waals surface area contributed by atoms with Crippen LogP contribution >= 0.6 is 15.9 Å². The number of halogens is 2. The molecule has 0 radical (unpaired) electrons. The van der Waals surface area contributed by atoms with E-state index in [-0.39, 0.29) is 5.82 Å². The van der Waals surface area contributed by atoms with E-state index in [2.05, 4.69) is 28.0 Å².